The van der Waals surface area contributed by atoms with E-state index in [0.717, 1.165) is 48.1 Å². The number of rotatable bonds is 2. The number of hydrogen-bond donors (Lipinski definition) is 0. The average Bonchev–Trinajstić information content (AvgIpc) is 3.39. The molecule has 2 aliphatic rings. The molecule has 0 atom stereocenters. The van der Waals surface area contributed by atoms with Crippen LogP contribution < -0.4 is 0 Å². The van der Waals surface area contributed by atoms with E-state index in [0.29, 0.717) is 5.92 Å². The first-order valence-electron chi connectivity index (χ1n) is 8.02. The van der Waals surface area contributed by atoms with Gasteiger partial charge in [-0.05, 0) is 44.2 Å². The van der Waals surface area contributed by atoms with Crippen molar-refractivity contribution in [1.82, 2.24) is 9.88 Å². The predicted molar refractivity (Wildman–Crippen MR) is 83.5 cm³/mol. The second kappa shape index (κ2) is 5.14. The van der Waals surface area contributed by atoms with E-state index in [-0.39, 0.29) is 5.91 Å². The highest BCUT2D eigenvalue weighted by Gasteiger charge is 2.28. The molecular weight excluding hydrogens is 260 g/mol. The van der Waals surface area contributed by atoms with Crippen molar-refractivity contribution in [2.75, 3.05) is 13.1 Å². The molecule has 0 unspecified atom stereocenters. The molecule has 0 spiro atoms. The van der Waals surface area contributed by atoms with Crippen molar-refractivity contribution in [1.29, 1.82) is 0 Å². The smallest absolute Gasteiger partial charge is 0.254 e. The number of likely N-dealkylation sites (tertiary alicyclic amines) is 1. The van der Waals surface area contributed by atoms with Gasteiger partial charge in [0, 0.05) is 30.1 Å². The van der Waals surface area contributed by atoms with E-state index in [9.17, 15) is 4.79 Å². The molecule has 108 valence electrons. The molecule has 1 aliphatic carbocycles. The number of fused-ring (bicyclic) bond motifs is 1. The Hall–Kier alpha value is -1.90. The first-order valence-corrected chi connectivity index (χ1v) is 8.02. The molecule has 2 fully saturated rings. The van der Waals surface area contributed by atoms with Crippen LogP contribution in [0.5, 0.6) is 0 Å². The maximum Gasteiger partial charge on any atom is 0.254 e. The number of amides is 1. The van der Waals surface area contributed by atoms with Crippen LogP contribution in [-0.4, -0.2) is 28.9 Å². The monoisotopic (exact) mass is 280 g/mol. The summed E-state index contributed by atoms with van der Waals surface area (Å²) in [6.07, 6.45) is 5.92. The minimum absolute atomic E-state index is 0.190. The van der Waals surface area contributed by atoms with Gasteiger partial charge in [0.05, 0.1) is 11.1 Å². The van der Waals surface area contributed by atoms with Crippen molar-refractivity contribution >= 4 is 16.8 Å². The molecule has 1 saturated heterocycles. The molecule has 0 radical (unpaired) electrons. The summed E-state index contributed by atoms with van der Waals surface area (Å²) in [4.78, 5) is 19.7. The first-order chi connectivity index (χ1) is 10.3. The van der Waals surface area contributed by atoms with E-state index in [1.165, 1.54) is 19.3 Å². The fraction of sp³-hybridized carbons (Fsp3) is 0.444. The zero-order valence-electron chi connectivity index (χ0n) is 12.2. The summed E-state index contributed by atoms with van der Waals surface area (Å²) >= 11 is 0. The first kappa shape index (κ1) is 12.8. The Morgan fingerprint density at radius 1 is 1.10 bits per heavy atom. The van der Waals surface area contributed by atoms with Gasteiger partial charge in [-0.1, -0.05) is 18.2 Å². The van der Waals surface area contributed by atoms with Gasteiger partial charge in [-0.3, -0.25) is 9.78 Å². The molecule has 2 aromatic rings. The summed E-state index contributed by atoms with van der Waals surface area (Å²) in [6, 6.07) is 10.1. The van der Waals surface area contributed by atoms with Crippen molar-refractivity contribution in [2.45, 2.75) is 38.0 Å². The third-order valence-corrected chi connectivity index (χ3v) is 4.61. The lowest BCUT2D eigenvalue weighted by molar-refractivity contribution is 0.0726. The number of carbonyl (C=O) groups excluding carboxylic acids is 1. The Bertz CT molecular complexity index is 685. The number of carbonyl (C=O) groups is 1. The maximum atomic E-state index is 12.9. The Labute approximate surface area is 125 Å². The number of piperidine rings is 1. The Balaban J connectivity index is 1.79. The van der Waals surface area contributed by atoms with Crippen LogP contribution in [0.3, 0.4) is 0 Å². The van der Waals surface area contributed by atoms with Crippen molar-refractivity contribution in [3.05, 3.63) is 41.6 Å². The molecule has 1 aromatic heterocycles. The fourth-order valence-corrected chi connectivity index (χ4v) is 3.23. The number of aromatic nitrogens is 1. The van der Waals surface area contributed by atoms with Gasteiger partial charge in [0.15, 0.2) is 0 Å². The Morgan fingerprint density at radius 2 is 1.86 bits per heavy atom. The quantitative estimate of drug-likeness (QED) is 0.839. The molecule has 0 N–H and O–H groups in total. The zero-order chi connectivity index (χ0) is 14.2. The molecular formula is C18H20N2O. The van der Waals surface area contributed by atoms with E-state index < -0.39 is 0 Å². The topological polar surface area (TPSA) is 33.2 Å². The second-order valence-electron chi connectivity index (χ2n) is 6.24. The number of benzene rings is 1. The van der Waals surface area contributed by atoms with Crippen molar-refractivity contribution < 1.29 is 4.79 Å². The normalized spacial score (nSPS) is 19.0. The minimum Gasteiger partial charge on any atom is -0.339 e. The van der Waals surface area contributed by atoms with Crippen molar-refractivity contribution in [2.24, 2.45) is 0 Å². The third kappa shape index (κ3) is 2.41. The fourth-order valence-electron chi connectivity index (χ4n) is 3.23. The van der Waals surface area contributed by atoms with Gasteiger partial charge in [-0.15, -0.1) is 0 Å². The van der Waals surface area contributed by atoms with Crippen LogP contribution in [0.4, 0.5) is 0 Å². The van der Waals surface area contributed by atoms with Gasteiger partial charge in [0.1, 0.15) is 0 Å². The van der Waals surface area contributed by atoms with E-state index in [1.807, 2.05) is 29.2 Å². The van der Waals surface area contributed by atoms with E-state index in [4.69, 9.17) is 4.98 Å². The van der Waals surface area contributed by atoms with Crippen LogP contribution in [0.2, 0.25) is 0 Å². The SMILES string of the molecule is O=C(c1cc(C2CC2)nc2ccccc12)N1CCCCC1. The molecule has 1 aromatic carbocycles. The molecule has 0 bridgehead atoms. The zero-order valence-corrected chi connectivity index (χ0v) is 12.2. The van der Waals surface area contributed by atoms with Gasteiger partial charge in [-0.2, -0.15) is 0 Å². The van der Waals surface area contributed by atoms with Gasteiger partial charge < -0.3 is 4.90 Å². The van der Waals surface area contributed by atoms with Crippen LogP contribution in [0.15, 0.2) is 30.3 Å². The number of pyridine rings is 1. The predicted octanol–water partition coefficient (Wildman–Crippen LogP) is 3.74. The largest absolute Gasteiger partial charge is 0.339 e. The Kier molecular flexibility index (Phi) is 3.13. The van der Waals surface area contributed by atoms with Gasteiger partial charge in [0.2, 0.25) is 0 Å². The van der Waals surface area contributed by atoms with E-state index in [1.54, 1.807) is 0 Å². The summed E-state index contributed by atoms with van der Waals surface area (Å²) in [5.74, 6) is 0.762. The number of nitrogens with zero attached hydrogens (tertiary/aromatic N) is 2. The van der Waals surface area contributed by atoms with E-state index in [2.05, 4.69) is 6.07 Å². The molecule has 1 aliphatic heterocycles. The number of hydrogen-bond acceptors (Lipinski definition) is 2. The highest BCUT2D eigenvalue weighted by atomic mass is 16.2. The van der Waals surface area contributed by atoms with Gasteiger partial charge in [0.25, 0.3) is 5.91 Å². The highest BCUT2D eigenvalue weighted by molar-refractivity contribution is 6.06. The van der Waals surface area contributed by atoms with Gasteiger partial charge >= 0.3 is 0 Å². The summed E-state index contributed by atoms with van der Waals surface area (Å²) in [7, 11) is 0. The summed E-state index contributed by atoms with van der Waals surface area (Å²) < 4.78 is 0. The lowest BCUT2D eigenvalue weighted by Gasteiger charge is -2.27. The molecule has 3 nitrogen and oxygen atoms in total. The summed E-state index contributed by atoms with van der Waals surface area (Å²) in [5.41, 5.74) is 2.92. The van der Waals surface area contributed by atoms with Crippen LogP contribution in [0.25, 0.3) is 10.9 Å². The highest BCUT2D eigenvalue weighted by Crippen LogP contribution is 2.40. The van der Waals surface area contributed by atoms with Gasteiger partial charge in [-0.25, -0.2) is 0 Å². The molecule has 21 heavy (non-hydrogen) atoms. The lowest BCUT2D eigenvalue weighted by Crippen LogP contribution is -2.35. The van der Waals surface area contributed by atoms with E-state index >= 15 is 0 Å². The molecule has 1 amide bonds. The van der Waals surface area contributed by atoms with Crippen LogP contribution >= 0.6 is 0 Å². The van der Waals surface area contributed by atoms with Crippen molar-refractivity contribution in [3.8, 4) is 0 Å². The second-order valence-corrected chi connectivity index (χ2v) is 6.24. The molecule has 2 heterocycles. The Morgan fingerprint density at radius 3 is 2.62 bits per heavy atom. The van der Waals surface area contributed by atoms with Crippen molar-refractivity contribution in [3.63, 3.8) is 0 Å². The molecule has 4 rings (SSSR count). The number of para-hydroxylation sites is 1. The van der Waals surface area contributed by atoms with Crippen LogP contribution in [0.1, 0.15) is 54.1 Å². The average molecular weight is 280 g/mol. The van der Waals surface area contributed by atoms with Crippen LogP contribution in [0, 0.1) is 0 Å². The summed E-state index contributed by atoms with van der Waals surface area (Å²) in [6.45, 7) is 1.79. The lowest BCUT2D eigenvalue weighted by atomic mass is 10.0. The molecule has 1 saturated carbocycles. The molecule has 3 heteroatoms. The van der Waals surface area contributed by atoms with Crippen LogP contribution in [-0.2, 0) is 0 Å². The third-order valence-electron chi connectivity index (χ3n) is 4.61. The maximum absolute atomic E-state index is 12.9. The summed E-state index contributed by atoms with van der Waals surface area (Å²) in [5, 5.41) is 0.998. The minimum atomic E-state index is 0.190. The standard InChI is InChI=1S/C18H20N2O/c21-18(20-10-4-1-5-11-20)15-12-17(13-8-9-13)19-16-7-3-2-6-14(15)16/h2-3,6-7,12-13H,1,4-5,8-11H2.